The third kappa shape index (κ3) is 5.47. The van der Waals surface area contributed by atoms with E-state index in [1.165, 1.54) is 13.0 Å². The molecule has 8 nitrogen and oxygen atoms in total. The normalized spacial score (nSPS) is 12.5. The summed E-state index contributed by atoms with van der Waals surface area (Å²) in [4.78, 5) is 11.8. The molecule has 4 rings (SSSR count). The largest absolute Gasteiger partial charge is 0.435 e. The zero-order valence-electron chi connectivity index (χ0n) is 18.0. The Hall–Kier alpha value is -3.41. The molecule has 0 aliphatic carbocycles. The predicted octanol–water partition coefficient (Wildman–Crippen LogP) is 4.88. The number of nitrogens with two attached hydrogens (primary N) is 1. The quantitative estimate of drug-likeness (QED) is 0.371. The van der Waals surface area contributed by atoms with Gasteiger partial charge in [0.2, 0.25) is 11.8 Å². The van der Waals surface area contributed by atoms with Gasteiger partial charge < -0.3 is 15.5 Å². The first-order chi connectivity index (χ1) is 16.5. The summed E-state index contributed by atoms with van der Waals surface area (Å²) in [5.41, 5.74) is 5.57. The van der Waals surface area contributed by atoms with Gasteiger partial charge in [-0.1, -0.05) is 35.3 Å². The van der Waals surface area contributed by atoms with Gasteiger partial charge in [-0.15, -0.1) is 10.2 Å². The molecule has 0 aliphatic rings. The summed E-state index contributed by atoms with van der Waals surface area (Å²) in [5, 5.41) is 14.8. The Labute approximate surface area is 206 Å². The highest BCUT2D eigenvalue weighted by atomic mass is 35.5. The average molecular weight is 525 g/mol. The fourth-order valence-electron chi connectivity index (χ4n) is 3.12. The van der Waals surface area contributed by atoms with E-state index < -0.39 is 17.9 Å². The molecular weight excluding hydrogens is 508 g/mol. The van der Waals surface area contributed by atoms with Crippen LogP contribution in [0.3, 0.4) is 0 Å². The summed E-state index contributed by atoms with van der Waals surface area (Å²) in [6, 6.07) is 11.2. The van der Waals surface area contributed by atoms with E-state index in [2.05, 4.69) is 20.6 Å². The predicted molar refractivity (Wildman–Crippen MR) is 123 cm³/mol. The van der Waals surface area contributed by atoms with Gasteiger partial charge in [0.15, 0.2) is 5.69 Å². The number of halogens is 5. The van der Waals surface area contributed by atoms with Crippen molar-refractivity contribution in [3.05, 3.63) is 69.8 Å². The first kappa shape index (κ1) is 24.7. The molecule has 182 valence electrons. The van der Waals surface area contributed by atoms with Crippen LogP contribution in [0.2, 0.25) is 10.0 Å². The van der Waals surface area contributed by atoms with Crippen LogP contribution in [0.25, 0.3) is 28.7 Å². The van der Waals surface area contributed by atoms with Gasteiger partial charge in [-0.2, -0.15) is 18.3 Å². The zero-order valence-corrected chi connectivity index (χ0v) is 19.5. The van der Waals surface area contributed by atoms with Crippen LogP contribution in [-0.4, -0.2) is 31.9 Å². The molecule has 0 saturated heterocycles. The van der Waals surface area contributed by atoms with Crippen molar-refractivity contribution in [3.63, 3.8) is 0 Å². The number of carbonyl (C=O) groups excluding carboxylic acids is 1. The van der Waals surface area contributed by atoms with Gasteiger partial charge in [-0.05, 0) is 42.8 Å². The van der Waals surface area contributed by atoms with Crippen LogP contribution >= 0.6 is 23.2 Å². The van der Waals surface area contributed by atoms with E-state index in [0.29, 0.717) is 16.1 Å². The fraction of sp³-hybridized carbons (Fsp3) is 0.182. The second-order valence-electron chi connectivity index (χ2n) is 7.54. The summed E-state index contributed by atoms with van der Waals surface area (Å²) in [6.07, 6.45) is -4.72. The van der Waals surface area contributed by atoms with Gasteiger partial charge in [0.25, 0.3) is 5.89 Å². The van der Waals surface area contributed by atoms with Crippen LogP contribution in [0.1, 0.15) is 18.2 Å². The highest BCUT2D eigenvalue weighted by Gasteiger charge is 2.36. The van der Waals surface area contributed by atoms with Crippen molar-refractivity contribution in [2.45, 2.75) is 25.7 Å². The number of hydrogen-bond donors (Lipinski definition) is 2. The smallest absolute Gasteiger partial charge is 0.415 e. The molecule has 35 heavy (non-hydrogen) atoms. The van der Waals surface area contributed by atoms with Gasteiger partial charge in [0.1, 0.15) is 5.69 Å². The number of benzene rings is 2. The van der Waals surface area contributed by atoms with Crippen molar-refractivity contribution in [2.24, 2.45) is 5.73 Å². The van der Waals surface area contributed by atoms with Crippen molar-refractivity contribution < 1.29 is 22.4 Å². The third-order valence-electron chi connectivity index (χ3n) is 4.84. The van der Waals surface area contributed by atoms with E-state index in [1.807, 2.05) is 0 Å². The van der Waals surface area contributed by atoms with Crippen molar-refractivity contribution in [1.82, 2.24) is 25.3 Å². The molecule has 2 aromatic carbocycles. The lowest BCUT2D eigenvalue weighted by atomic mass is 10.2. The Bertz CT molecular complexity index is 1380. The van der Waals surface area contributed by atoms with Crippen molar-refractivity contribution in [3.8, 4) is 28.7 Å². The minimum Gasteiger partial charge on any atom is -0.415 e. The topological polar surface area (TPSA) is 112 Å². The van der Waals surface area contributed by atoms with Crippen LogP contribution in [0, 0.1) is 0 Å². The molecule has 0 bridgehead atoms. The summed E-state index contributed by atoms with van der Waals surface area (Å²) < 4.78 is 47.2. The lowest BCUT2D eigenvalue weighted by Crippen LogP contribution is -2.37. The van der Waals surface area contributed by atoms with Gasteiger partial charge in [-0.25, -0.2) is 4.68 Å². The Kier molecular flexibility index (Phi) is 6.84. The van der Waals surface area contributed by atoms with Crippen LogP contribution in [0.5, 0.6) is 0 Å². The number of nitrogens with zero attached hydrogens (tertiary/aromatic N) is 4. The second-order valence-corrected chi connectivity index (χ2v) is 8.38. The molecule has 0 aliphatic heterocycles. The maximum atomic E-state index is 13.5. The van der Waals surface area contributed by atoms with E-state index in [0.717, 1.165) is 10.7 Å². The van der Waals surface area contributed by atoms with E-state index in [4.69, 9.17) is 33.4 Å². The average Bonchev–Trinajstić information content (AvgIpc) is 3.45. The molecule has 4 aromatic rings. The highest BCUT2D eigenvalue weighted by molar-refractivity contribution is 6.36. The van der Waals surface area contributed by atoms with Crippen LogP contribution in [0.15, 0.2) is 52.9 Å². The van der Waals surface area contributed by atoms with Crippen molar-refractivity contribution in [2.75, 3.05) is 0 Å². The number of aromatic nitrogens is 4. The molecule has 13 heteroatoms. The molecule has 0 spiro atoms. The molecule has 0 saturated carbocycles. The zero-order chi connectivity index (χ0) is 25.3. The van der Waals surface area contributed by atoms with Gasteiger partial charge in [0, 0.05) is 17.6 Å². The Balaban J connectivity index is 1.74. The Morgan fingerprint density at radius 1 is 1.14 bits per heavy atom. The third-order valence-corrected chi connectivity index (χ3v) is 5.39. The number of amides is 1. The monoisotopic (exact) mass is 524 g/mol. The van der Waals surface area contributed by atoms with Crippen LogP contribution in [0.4, 0.5) is 13.2 Å². The van der Waals surface area contributed by atoms with Gasteiger partial charge >= 0.3 is 6.18 Å². The molecule has 2 aromatic heterocycles. The Morgan fingerprint density at radius 2 is 1.89 bits per heavy atom. The summed E-state index contributed by atoms with van der Waals surface area (Å²) in [7, 11) is 0. The summed E-state index contributed by atoms with van der Waals surface area (Å²) in [5.74, 6) is -0.575. The molecule has 1 amide bonds. The first-order valence-corrected chi connectivity index (χ1v) is 10.9. The standard InChI is InChI=1S/C22H17Cl2F3N6O2/c1-11(28)19(34)29-10-12-3-2-4-14(7-12)33-17(9-18(32-33)22(25,26)27)21-31-30-20(35-21)15-6-5-13(23)8-16(15)24/h2-9,11H,10,28H2,1H3,(H,29,34)/t11-/m0/s1. The fourth-order valence-corrected chi connectivity index (χ4v) is 3.60. The molecule has 0 unspecified atom stereocenters. The first-order valence-electron chi connectivity index (χ1n) is 10.1. The minimum absolute atomic E-state index is 0.00431. The molecule has 3 N–H and O–H groups in total. The van der Waals surface area contributed by atoms with E-state index in [1.54, 1.807) is 36.4 Å². The number of carbonyl (C=O) groups is 1. The van der Waals surface area contributed by atoms with E-state index in [9.17, 15) is 18.0 Å². The molecule has 0 fully saturated rings. The summed E-state index contributed by atoms with van der Waals surface area (Å²) in [6.45, 7) is 1.66. The van der Waals surface area contributed by atoms with Gasteiger partial charge in [0.05, 0.1) is 22.3 Å². The lowest BCUT2D eigenvalue weighted by Gasteiger charge is -2.10. The SMILES string of the molecule is C[C@H](N)C(=O)NCc1cccc(-n2nc(C(F)(F)F)cc2-c2nnc(-c3ccc(Cl)cc3Cl)o2)c1. The van der Waals surface area contributed by atoms with Crippen molar-refractivity contribution in [1.29, 1.82) is 0 Å². The second kappa shape index (κ2) is 9.68. The van der Waals surface area contributed by atoms with E-state index >= 15 is 0 Å². The maximum Gasteiger partial charge on any atom is 0.435 e. The van der Waals surface area contributed by atoms with Crippen molar-refractivity contribution >= 4 is 29.1 Å². The molecule has 0 radical (unpaired) electrons. The lowest BCUT2D eigenvalue weighted by molar-refractivity contribution is -0.141. The number of nitrogens with one attached hydrogen (secondary N) is 1. The summed E-state index contributed by atoms with van der Waals surface area (Å²) >= 11 is 12.1. The maximum absolute atomic E-state index is 13.5. The van der Waals surface area contributed by atoms with Crippen LogP contribution in [-0.2, 0) is 17.5 Å². The van der Waals surface area contributed by atoms with Gasteiger partial charge in [-0.3, -0.25) is 4.79 Å². The van der Waals surface area contributed by atoms with Crippen LogP contribution < -0.4 is 11.1 Å². The molecule has 2 heterocycles. The highest BCUT2D eigenvalue weighted by Crippen LogP contribution is 2.35. The molecule has 1 atom stereocenters. The Morgan fingerprint density at radius 3 is 2.57 bits per heavy atom. The minimum atomic E-state index is -4.72. The van der Waals surface area contributed by atoms with E-state index in [-0.39, 0.29) is 40.6 Å². The molecular formula is C22H17Cl2F3N6O2. The number of hydrogen-bond acceptors (Lipinski definition) is 6. The number of alkyl halides is 3. The number of rotatable bonds is 6.